The molecule has 0 aliphatic heterocycles. The molecule has 3 aromatic heterocycles. The first-order chi connectivity index (χ1) is 16.7. The summed E-state index contributed by atoms with van der Waals surface area (Å²) in [5.74, 6) is 1.04. The third kappa shape index (κ3) is 5.76. The van der Waals surface area contributed by atoms with Crippen molar-refractivity contribution >= 4 is 47.5 Å². The number of ether oxygens (including phenoxy) is 1. The van der Waals surface area contributed by atoms with Crippen LogP contribution in [0, 0.1) is 6.92 Å². The Morgan fingerprint density at radius 1 is 1.14 bits per heavy atom. The lowest BCUT2D eigenvalue weighted by atomic mass is 10.2. The van der Waals surface area contributed by atoms with Crippen molar-refractivity contribution in [1.82, 2.24) is 29.5 Å². The zero-order chi connectivity index (χ0) is 25.2. The van der Waals surface area contributed by atoms with Crippen LogP contribution in [0.2, 0.25) is 25.7 Å². The van der Waals surface area contributed by atoms with Crippen molar-refractivity contribution < 1.29 is 13.5 Å². The van der Waals surface area contributed by atoms with Crippen LogP contribution in [-0.2, 0) is 18.0 Å². The minimum atomic E-state index is -2.49. The van der Waals surface area contributed by atoms with Crippen molar-refractivity contribution in [3.63, 3.8) is 0 Å². The van der Waals surface area contributed by atoms with Crippen LogP contribution in [0.4, 0.5) is 26.2 Å². The van der Waals surface area contributed by atoms with Gasteiger partial charge in [-0.2, -0.15) is 20.2 Å². The van der Waals surface area contributed by atoms with Crippen molar-refractivity contribution in [2.45, 2.75) is 59.2 Å². The van der Waals surface area contributed by atoms with Gasteiger partial charge in [0.05, 0.1) is 28.5 Å². The van der Waals surface area contributed by atoms with E-state index in [1.54, 1.807) is 23.0 Å². The molecule has 0 saturated heterocycles. The highest BCUT2D eigenvalue weighted by molar-refractivity contribution is 6.76. The Hall–Kier alpha value is -3.12. The first kappa shape index (κ1) is 25.0. The highest BCUT2D eigenvalue weighted by atomic mass is 28.3. The van der Waals surface area contributed by atoms with Crippen LogP contribution < -0.4 is 10.6 Å². The number of hydrogen-bond acceptors (Lipinski definition) is 7. The van der Waals surface area contributed by atoms with E-state index >= 15 is 0 Å². The third-order valence-corrected chi connectivity index (χ3v) is 7.27. The van der Waals surface area contributed by atoms with Gasteiger partial charge in [0, 0.05) is 26.6 Å². The maximum absolute atomic E-state index is 12.9. The second-order valence-corrected chi connectivity index (χ2v) is 15.3. The summed E-state index contributed by atoms with van der Waals surface area (Å²) in [6.45, 7) is 12.1. The van der Waals surface area contributed by atoms with E-state index in [0.29, 0.717) is 53.9 Å². The van der Waals surface area contributed by atoms with Crippen molar-refractivity contribution in [3.05, 3.63) is 30.1 Å². The fourth-order valence-corrected chi connectivity index (χ4v) is 4.58. The molecule has 0 atom stereocenters. The molecule has 0 unspecified atom stereocenters. The maximum atomic E-state index is 12.9. The monoisotopic (exact) mass is 502 g/mol. The van der Waals surface area contributed by atoms with E-state index in [0.717, 1.165) is 17.1 Å². The van der Waals surface area contributed by atoms with Gasteiger partial charge in [0.15, 0.2) is 5.65 Å². The summed E-state index contributed by atoms with van der Waals surface area (Å²) in [7, 11) is -1.19. The van der Waals surface area contributed by atoms with Gasteiger partial charge >= 0.3 is 0 Å². The van der Waals surface area contributed by atoms with Gasteiger partial charge in [0.2, 0.25) is 5.95 Å². The molecular weight excluding hydrogens is 470 g/mol. The maximum Gasteiger partial charge on any atom is 0.257 e. The van der Waals surface area contributed by atoms with Crippen molar-refractivity contribution in [2.75, 3.05) is 23.8 Å². The van der Waals surface area contributed by atoms with Crippen LogP contribution >= 0.6 is 0 Å². The van der Waals surface area contributed by atoms with E-state index in [2.05, 4.69) is 45.5 Å². The van der Waals surface area contributed by atoms with Crippen LogP contribution in [0.15, 0.2) is 24.4 Å². The first-order valence-electron chi connectivity index (χ1n) is 11.7. The lowest BCUT2D eigenvalue weighted by Gasteiger charge is -2.15. The zero-order valence-electron chi connectivity index (χ0n) is 20.8. The zero-order valence-corrected chi connectivity index (χ0v) is 21.8. The fourth-order valence-electron chi connectivity index (χ4n) is 3.83. The minimum absolute atomic E-state index is 0.298. The van der Waals surface area contributed by atoms with Crippen molar-refractivity contribution in [3.8, 4) is 0 Å². The number of hydrogen-bond donors (Lipinski definition) is 2. The molecule has 2 N–H and O–H groups in total. The van der Waals surface area contributed by atoms with Crippen molar-refractivity contribution in [1.29, 1.82) is 0 Å². The predicted octanol–water partition coefficient (Wildman–Crippen LogP) is 5.24. The molecule has 1 aromatic carbocycles. The summed E-state index contributed by atoms with van der Waals surface area (Å²) in [5, 5.41) is 16.9. The molecule has 0 saturated carbocycles. The Morgan fingerprint density at radius 3 is 2.66 bits per heavy atom. The number of halogens is 2. The minimum Gasteiger partial charge on any atom is -0.370 e. The van der Waals surface area contributed by atoms with Gasteiger partial charge in [-0.15, -0.1) is 0 Å². The van der Waals surface area contributed by atoms with Crippen LogP contribution in [0.3, 0.4) is 0 Å². The van der Waals surface area contributed by atoms with E-state index in [1.165, 1.54) is 4.68 Å². The number of nitrogens with one attached hydrogen (secondary N) is 2. The number of anilines is 3. The highest BCUT2D eigenvalue weighted by Gasteiger charge is 2.18. The van der Waals surface area contributed by atoms with Gasteiger partial charge in [0.25, 0.3) is 6.43 Å². The molecule has 188 valence electrons. The van der Waals surface area contributed by atoms with E-state index < -0.39 is 21.0 Å². The van der Waals surface area contributed by atoms with Gasteiger partial charge in [-0.1, -0.05) is 25.7 Å². The largest absolute Gasteiger partial charge is 0.370 e. The predicted molar refractivity (Wildman–Crippen MR) is 137 cm³/mol. The molecule has 35 heavy (non-hydrogen) atoms. The van der Waals surface area contributed by atoms with E-state index in [9.17, 15) is 8.78 Å². The summed E-state index contributed by atoms with van der Waals surface area (Å²) in [6.07, 6.45) is -0.912. The Balaban J connectivity index is 1.67. The standard InChI is InChI=1S/C23H32F2N8OSi/c1-6-26-21-20-15(2)31-33(14-34-10-11-35(3,4)5)22(20)30-23(29-21)28-17-8-7-9-18-16(17)12-27-32(18)13-19(24)25/h7-9,12,19H,6,10-11,13-14H2,1-5H3,(H2,26,28,29,30). The summed E-state index contributed by atoms with van der Waals surface area (Å²) in [6, 6.07) is 6.47. The topological polar surface area (TPSA) is 94.7 Å². The Bertz CT molecular complexity index is 1310. The highest BCUT2D eigenvalue weighted by Crippen LogP contribution is 2.29. The number of alkyl halides is 2. The lowest BCUT2D eigenvalue weighted by molar-refractivity contribution is 0.0811. The summed E-state index contributed by atoms with van der Waals surface area (Å²) in [4.78, 5) is 9.43. The summed E-state index contributed by atoms with van der Waals surface area (Å²) < 4.78 is 34.8. The van der Waals surface area contributed by atoms with Crippen LogP contribution in [0.5, 0.6) is 0 Å². The number of aromatic nitrogens is 6. The molecule has 0 fully saturated rings. The van der Waals surface area contributed by atoms with Crippen molar-refractivity contribution in [2.24, 2.45) is 0 Å². The second kappa shape index (κ2) is 10.2. The molecule has 9 nitrogen and oxygen atoms in total. The lowest BCUT2D eigenvalue weighted by Crippen LogP contribution is -2.22. The average molecular weight is 503 g/mol. The number of fused-ring (bicyclic) bond motifs is 2. The van der Waals surface area contributed by atoms with Crippen LogP contribution in [0.1, 0.15) is 12.6 Å². The normalized spacial score (nSPS) is 12.2. The number of rotatable bonds is 11. The molecule has 12 heteroatoms. The number of benzene rings is 1. The quantitative estimate of drug-likeness (QED) is 0.214. The van der Waals surface area contributed by atoms with Gasteiger partial charge in [-0.05, 0) is 32.0 Å². The molecule has 4 aromatic rings. The Kier molecular flexibility index (Phi) is 7.31. The third-order valence-electron chi connectivity index (χ3n) is 5.57. The van der Waals surface area contributed by atoms with Crippen LogP contribution in [0.25, 0.3) is 21.9 Å². The molecule has 4 rings (SSSR count). The van der Waals surface area contributed by atoms with Crippen LogP contribution in [-0.4, -0.2) is 57.2 Å². The van der Waals surface area contributed by atoms with Gasteiger partial charge < -0.3 is 15.4 Å². The number of aryl methyl sites for hydroxylation is 1. The second-order valence-electron chi connectivity index (χ2n) is 9.64. The molecule has 0 amide bonds. The smallest absolute Gasteiger partial charge is 0.257 e. The van der Waals surface area contributed by atoms with E-state index in [-0.39, 0.29) is 0 Å². The average Bonchev–Trinajstić information content (AvgIpc) is 3.32. The summed E-state index contributed by atoms with van der Waals surface area (Å²) >= 11 is 0. The fraction of sp³-hybridized carbons (Fsp3) is 0.478. The SMILES string of the molecule is CCNc1nc(Nc2cccc3c2cnn3CC(F)F)nc2c1c(C)nn2COCC[Si](C)(C)C. The molecule has 0 spiro atoms. The van der Waals surface area contributed by atoms with E-state index in [4.69, 9.17) is 9.72 Å². The molecule has 0 radical (unpaired) electrons. The molecule has 0 aliphatic rings. The molecule has 3 heterocycles. The number of nitrogens with zero attached hydrogens (tertiary/aromatic N) is 6. The molecule has 0 bridgehead atoms. The molecule has 0 aliphatic carbocycles. The Morgan fingerprint density at radius 2 is 1.94 bits per heavy atom. The van der Waals surface area contributed by atoms with Gasteiger partial charge in [0.1, 0.15) is 19.1 Å². The summed E-state index contributed by atoms with van der Waals surface area (Å²) in [5.41, 5.74) is 2.76. The van der Waals surface area contributed by atoms with Gasteiger partial charge in [-0.3, -0.25) is 4.68 Å². The van der Waals surface area contributed by atoms with Gasteiger partial charge in [-0.25, -0.2) is 13.5 Å². The van der Waals surface area contributed by atoms with E-state index in [1.807, 2.05) is 19.9 Å². The molecular formula is C23H32F2N8OSi. The Labute approximate surface area is 203 Å². The first-order valence-corrected chi connectivity index (χ1v) is 15.4.